The maximum absolute atomic E-state index is 12.2. The van der Waals surface area contributed by atoms with Crippen LogP contribution in [-0.2, 0) is 4.79 Å². The van der Waals surface area contributed by atoms with Crippen molar-refractivity contribution in [2.45, 2.75) is 0 Å². The highest BCUT2D eigenvalue weighted by Crippen LogP contribution is 2.09. The van der Waals surface area contributed by atoms with E-state index in [1.165, 1.54) is 0 Å². The van der Waals surface area contributed by atoms with Crippen molar-refractivity contribution in [1.82, 2.24) is 0 Å². The lowest BCUT2D eigenvalue weighted by Gasteiger charge is -1.98. The van der Waals surface area contributed by atoms with Crippen LogP contribution in [0.25, 0.3) is 0 Å². The van der Waals surface area contributed by atoms with Crippen molar-refractivity contribution in [3.63, 3.8) is 0 Å². The summed E-state index contributed by atoms with van der Waals surface area (Å²) >= 11 is 0. The van der Waals surface area contributed by atoms with Crippen molar-refractivity contribution in [3.8, 4) is 0 Å². The summed E-state index contributed by atoms with van der Waals surface area (Å²) in [6.45, 7) is 6.00. The summed E-state index contributed by atoms with van der Waals surface area (Å²) in [5.41, 5.74) is 4.15. The van der Waals surface area contributed by atoms with Gasteiger partial charge in [0.1, 0.15) is 5.83 Å². The maximum Gasteiger partial charge on any atom is 0.337 e. The summed E-state index contributed by atoms with van der Waals surface area (Å²) < 4.78 is 12.2. The molecule has 0 aromatic rings. The molecule has 0 aromatic heterocycles. The number of allylic oxidation sites excluding steroid dienone is 1. The van der Waals surface area contributed by atoms with Crippen LogP contribution in [0.5, 0.6) is 0 Å². The van der Waals surface area contributed by atoms with E-state index < -0.39 is 17.5 Å². The summed E-state index contributed by atoms with van der Waals surface area (Å²) in [6, 6.07) is 0. The Labute approximate surface area is 63.3 Å². The van der Waals surface area contributed by atoms with Gasteiger partial charge in [-0.25, -0.2) is 9.18 Å². The minimum atomic E-state index is -1.32. The SMILES string of the molecule is C=C/C(C(=O)O)=C(/N)C(=C)F. The molecule has 0 aliphatic heterocycles. The molecule has 3 N–H and O–H groups in total. The van der Waals surface area contributed by atoms with Gasteiger partial charge in [-0.05, 0) is 0 Å². The Morgan fingerprint density at radius 2 is 2.09 bits per heavy atom. The molecule has 0 bridgehead atoms. The van der Waals surface area contributed by atoms with Crippen molar-refractivity contribution in [2.75, 3.05) is 0 Å². The van der Waals surface area contributed by atoms with Crippen molar-refractivity contribution >= 4 is 5.97 Å². The first kappa shape index (κ1) is 9.42. The lowest BCUT2D eigenvalue weighted by atomic mass is 10.2. The van der Waals surface area contributed by atoms with Gasteiger partial charge in [-0.2, -0.15) is 0 Å². The topological polar surface area (TPSA) is 63.3 Å². The van der Waals surface area contributed by atoms with E-state index in [1.54, 1.807) is 0 Å². The van der Waals surface area contributed by atoms with Crippen molar-refractivity contribution in [1.29, 1.82) is 0 Å². The first-order valence-corrected chi connectivity index (χ1v) is 2.71. The molecule has 0 amide bonds. The standard InChI is InChI=1S/C7H8FNO2/c1-3-5(7(10)11)6(9)4(2)8/h3H,1-2,9H2,(H,10,11)/b6-5-. The summed E-state index contributed by atoms with van der Waals surface area (Å²) in [6.07, 6.45) is 0.961. The molecule has 0 radical (unpaired) electrons. The molecule has 0 aromatic carbocycles. The number of aliphatic carboxylic acids is 1. The number of rotatable bonds is 3. The average molecular weight is 157 g/mol. The minimum absolute atomic E-state index is 0.377. The molecule has 0 aliphatic rings. The number of halogens is 1. The molecule has 0 saturated heterocycles. The molecule has 3 nitrogen and oxygen atoms in total. The molecule has 11 heavy (non-hydrogen) atoms. The Morgan fingerprint density at radius 1 is 1.64 bits per heavy atom. The van der Waals surface area contributed by atoms with Crippen LogP contribution in [0.1, 0.15) is 0 Å². The van der Waals surface area contributed by atoms with Crippen LogP contribution in [0.2, 0.25) is 0 Å². The third-order valence-electron chi connectivity index (χ3n) is 1.02. The predicted octanol–water partition coefficient (Wildman–Crippen LogP) is 0.953. The van der Waals surface area contributed by atoms with E-state index >= 15 is 0 Å². The minimum Gasteiger partial charge on any atom is -0.478 e. The fourth-order valence-corrected chi connectivity index (χ4v) is 0.459. The van der Waals surface area contributed by atoms with E-state index in [-0.39, 0.29) is 5.57 Å². The van der Waals surface area contributed by atoms with Crippen LogP contribution >= 0.6 is 0 Å². The van der Waals surface area contributed by atoms with Crippen LogP contribution in [0, 0.1) is 0 Å². The second-order valence-corrected chi connectivity index (χ2v) is 1.74. The largest absolute Gasteiger partial charge is 0.478 e. The van der Waals surface area contributed by atoms with Gasteiger partial charge in [0.2, 0.25) is 0 Å². The zero-order chi connectivity index (χ0) is 9.02. The first-order chi connectivity index (χ1) is 5.00. The van der Waals surface area contributed by atoms with Gasteiger partial charge in [0, 0.05) is 0 Å². The predicted molar refractivity (Wildman–Crippen MR) is 39.3 cm³/mol. The third kappa shape index (κ3) is 2.25. The molecule has 4 heteroatoms. The molecule has 0 atom stereocenters. The molecule has 0 unspecified atom stereocenters. The van der Waals surface area contributed by atoms with Crippen LogP contribution in [-0.4, -0.2) is 11.1 Å². The number of hydrogen-bond donors (Lipinski definition) is 2. The fourth-order valence-electron chi connectivity index (χ4n) is 0.459. The van der Waals surface area contributed by atoms with Crippen molar-refractivity contribution < 1.29 is 14.3 Å². The zero-order valence-corrected chi connectivity index (χ0v) is 5.80. The number of hydrogen-bond acceptors (Lipinski definition) is 2. The molecular formula is C7H8FNO2. The quantitative estimate of drug-likeness (QED) is 0.473. The van der Waals surface area contributed by atoms with Crippen LogP contribution in [0.15, 0.2) is 36.3 Å². The summed E-state index contributed by atoms with van der Waals surface area (Å²) in [5, 5.41) is 8.38. The number of carboxylic acids is 1. The molecule has 0 rings (SSSR count). The van der Waals surface area contributed by atoms with E-state index in [0.717, 1.165) is 6.08 Å². The van der Waals surface area contributed by atoms with E-state index in [4.69, 9.17) is 10.8 Å². The summed E-state index contributed by atoms with van der Waals surface area (Å²) in [5.74, 6) is -2.29. The third-order valence-corrected chi connectivity index (χ3v) is 1.02. The Morgan fingerprint density at radius 3 is 2.18 bits per heavy atom. The summed E-state index contributed by atoms with van der Waals surface area (Å²) in [4.78, 5) is 10.3. The highest BCUT2D eigenvalue weighted by atomic mass is 19.1. The van der Waals surface area contributed by atoms with E-state index in [9.17, 15) is 9.18 Å². The second kappa shape index (κ2) is 3.55. The second-order valence-electron chi connectivity index (χ2n) is 1.74. The van der Waals surface area contributed by atoms with Gasteiger partial charge in [0.05, 0.1) is 11.3 Å². The van der Waals surface area contributed by atoms with Crippen LogP contribution in [0.3, 0.4) is 0 Å². The van der Waals surface area contributed by atoms with Gasteiger partial charge in [-0.15, -0.1) is 0 Å². The fraction of sp³-hybridized carbons (Fsp3) is 0. The van der Waals surface area contributed by atoms with Crippen LogP contribution < -0.4 is 5.73 Å². The highest BCUT2D eigenvalue weighted by Gasteiger charge is 2.09. The molecule has 0 spiro atoms. The normalized spacial score (nSPS) is 11.7. The molecule has 0 aliphatic carbocycles. The average Bonchev–Trinajstić information content (AvgIpc) is 1.88. The number of carboxylic acid groups (broad SMARTS) is 1. The number of nitrogens with two attached hydrogens (primary N) is 1. The maximum atomic E-state index is 12.2. The smallest absolute Gasteiger partial charge is 0.337 e. The molecular weight excluding hydrogens is 149 g/mol. The van der Waals surface area contributed by atoms with Gasteiger partial charge >= 0.3 is 5.97 Å². The zero-order valence-electron chi connectivity index (χ0n) is 5.80. The van der Waals surface area contributed by atoms with Crippen molar-refractivity contribution in [2.24, 2.45) is 5.73 Å². The van der Waals surface area contributed by atoms with E-state index in [2.05, 4.69) is 13.2 Å². The Kier molecular flexibility index (Phi) is 3.04. The van der Waals surface area contributed by atoms with Gasteiger partial charge in [0.25, 0.3) is 0 Å². The van der Waals surface area contributed by atoms with E-state index in [0.29, 0.717) is 0 Å². The monoisotopic (exact) mass is 157 g/mol. The van der Waals surface area contributed by atoms with Crippen molar-refractivity contribution in [3.05, 3.63) is 36.3 Å². The van der Waals surface area contributed by atoms with Crippen LogP contribution in [0.4, 0.5) is 4.39 Å². The van der Waals surface area contributed by atoms with E-state index in [1.807, 2.05) is 0 Å². The molecule has 60 valence electrons. The lowest BCUT2D eigenvalue weighted by molar-refractivity contribution is -0.132. The van der Waals surface area contributed by atoms with Gasteiger partial charge in [-0.3, -0.25) is 0 Å². The van der Waals surface area contributed by atoms with Gasteiger partial charge in [-0.1, -0.05) is 19.2 Å². The molecule has 0 saturated carbocycles. The Balaban J connectivity index is 4.99. The van der Waals surface area contributed by atoms with Gasteiger partial charge < -0.3 is 10.8 Å². The Bertz CT molecular complexity index is 243. The Hall–Kier alpha value is -1.58. The lowest BCUT2D eigenvalue weighted by Crippen LogP contribution is -2.08. The first-order valence-electron chi connectivity index (χ1n) is 2.71. The molecule has 0 fully saturated rings. The number of carbonyl (C=O) groups is 1. The van der Waals surface area contributed by atoms with Gasteiger partial charge in [0.15, 0.2) is 0 Å². The molecule has 0 heterocycles. The highest BCUT2D eigenvalue weighted by molar-refractivity contribution is 5.91. The summed E-state index contributed by atoms with van der Waals surface area (Å²) in [7, 11) is 0.